The Labute approximate surface area is 143 Å². The van der Waals surface area contributed by atoms with Crippen LogP contribution < -0.4 is 5.32 Å². The largest absolute Gasteiger partial charge is 0.341 e. The summed E-state index contributed by atoms with van der Waals surface area (Å²) in [6.45, 7) is 2.09. The number of carbonyl (C=O) groups excluding carboxylic acids is 3. The van der Waals surface area contributed by atoms with E-state index in [0.29, 0.717) is 13.1 Å². The third kappa shape index (κ3) is 3.08. The van der Waals surface area contributed by atoms with Crippen molar-refractivity contribution in [3.05, 3.63) is 35.4 Å². The summed E-state index contributed by atoms with van der Waals surface area (Å²) in [5, 5.41) is 2.38. The molecule has 0 saturated carbocycles. The normalized spacial score (nSPS) is 23.8. The van der Waals surface area contributed by atoms with Gasteiger partial charge in [-0.05, 0) is 44.4 Å². The molecule has 0 spiro atoms. The van der Waals surface area contributed by atoms with Crippen molar-refractivity contribution in [3.63, 3.8) is 0 Å². The van der Waals surface area contributed by atoms with Crippen molar-refractivity contribution in [1.29, 1.82) is 0 Å². The highest BCUT2D eigenvalue weighted by molar-refractivity contribution is 6.09. The summed E-state index contributed by atoms with van der Waals surface area (Å²) in [6.07, 6.45) is 2.82. The second-order valence-corrected chi connectivity index (χ2v) is 6.51. The fourth-order valence-corrected chi connectivity index (χ4v) is 3.28. The minimum atomic E-state index is -1.74. The molecule has 2 heterocycles. The molecule has 1 atom stereocenters. The summed E-state index contributed by atoms with van der Waals surface area (Å²) in [7, 11) is 0. The van der Waals surface area contributed by atoms with E-state index in [2.05, 4.69) is 5.32 Å². The third-order valence-corrected chi connectivity index (χ3v) is 4.74. The van der Waals surface area contributed by atoms with Crippen molar-refractivity contribution in [2.24, 2.45) is 0 Å². The van der Waals surface area contributed by atoms with Crippen molar-refractivity contribution < 1.29 is 23.2 Å². The molecule has 1 unspecified atom stereocenters. The fourth-order valence-electron chi connectivity index (χ4n) is 3.28. The highest BCUT2D eigenvalue weighted by atomic mass is 19.1. The van der Waals surface area contributed by atoms with E-state index < -0.39 is 35.7 Å². The van der Waals surface area contributed by atoms with Crippen LogP contribution in [0.5, 0.6) is 0 Å². The van der Waals surface area contributed by atoms with Gasteiger partial charge < -0.3 is 10.2 Å². The molecule has 134 valence electrons. The topological polar surface area (TPSA) is 69.7 Å². The fraction of sp³-hybridized carbons (Fsp3) is 0.471. The first-order valence-electron chi connectivity index (χ1n) is 8.20. The number of rotatable bonds is 3. The monoisotopic (exact) mass is 351 g/mol. The van der Waals surface area contributed by atoms with Crippen LogP contribution in [0.3, 0.4) is 0 Å². The van der Waals surface area contributed by atoms with Crippen LogP contribution in [-0.4, -0.2) is 47.3 Å². The van der Waals surface area contributed by atoms with Gasteiger partial charge in [-0.2, -0.15) is 0 Å². The lowest BCUT2D eigenvalue weighted by Crippen LogP contribution is -2.46. The number of piperidine rings is 1. The van der Waals surface area contributed by atoms with E-state index in [1.54, 1.807) is 4.90 Å². The lowest BCUT2D eigenvalue weighted by molar-refractivity contribution is -0.139. The van der Waals surface area contributed by atoms with Crippen molar-refractivity contribution >= 4 is 17.8 Å². The zero-order valence-corrected chi connectivity index (χ0v) is 13.8. The first kappa shape index (κ1) is 17.3. The number of urea groups is 1. The number of likely N-dealkylation sites (tertiary alicyclic amines) is 1. The second-order valence-electron chi connectivity index (χ2n) is 6.51. The number of carbonyl (C=O) groups is 3. The number of halogens is 2. The smallest absolute Gasteiger partial charge is 0.325 e. The molecule has 2 aliphatic rings. The Hall–Kier alpha value is -2.51. The van der Waals surface area contributed by atoms with E-state index >= 15 is 0 Å². The predicted octanol–water partition coefficient (Wildman–Crippen LogP) is 1.74. The van der Waals surface area contributed by atoms with Crippen molar-refractivity contribution in [1.82, 2.24) is 15.1 Å². The molecular weight excluding hydrogens is 332 g/mol. The summed E-state index contributed by atoms with van der Waals surface area (Å²) in [6, 6.07) is 1.92. The maximum Gasteiger partial charge on any atom is 0.325 e. The number of nitrogens with one attached hydrogen (secondary N) is 1. The molecular formula is C17H19F2N3O3. The van der Waals surface area contributed by atoms with Crippen molar-refractivity contribution in [2.75, 3.05) is 19.6 Å². The molecule has 1 N–H and O–H groups in total. The molecule has 0 radical (unpaired) electrons. The van der Waals surface area contributed by atoms with E-state index in [1.165, 1.54) is 6.92 Å². The molecule has 4 amide bonds. The molecule has 1 aromatic carbocycles. The number of hydrogen-bond donors (Lipinski definition) is 1. The summed E-state index contributed by atoms with van der Waals surface area (Å²) >= 11 is 0. The minimum absolute atomic E-state index is 0.265. The maximum atomic E-state index is 14.1. The summed E-state index contributed by atoms with van der Waals surface area (Å²) in [5.74, 6) is -2.62. The molecule has 1 aromatic rings. The van der Waals surface area contributed by atoms with Gasteiger partial charge in [0.15, 0.2) is 0 Å². The van der Waals surface area contributed by atoms with Gasteiger partial charge in [0.1, 0.15) is 23.7 Å². The van der Waals surface area contributed by atoms with Crippen LogP contribution in [0.1, 0.15) is 31.7 Å². The van der Waals surface area contributed by atoms with Crippen LogP contribution in [0.25, 0.3) is 0 Å². The second kappa shape index (κ2) is 6.42. The average molecular weight is 351 g/mol. The third-order valence-electron chi connectivity index (χ3n) is 4.74. The van der Waals surface area contributed by atoms with E-state index in [0.717, 1.165) is 42.4 Å². The number of nitrogens with zero attached hydrogens (tertiary/aromatic N) is 2. The van der Waals surface area contributed by atoms with Crippen LogP contribution in [-0.2, 0) is 15.1 Å². The molecule has 25 heavy (non-hydrogen) atoms. The Morgan fingerprint density at radius 1 is 1.20 bits per heavy atom. The highest BCUT2D eigenvalue weighted by Crippen LogP contribution is 2.31. The number of benzene rings is 1. The molecule has 3 rings (SSSR count). The lowest BCUT2D eigenvalue weighted by Gasteiger charge is -2.28. The molecule has 0 bridgehead atoms. The minimum Gasteiger partial charge on any atom is -0.341 e. The van der Waals surface area contributed by atoms with Gasteiger partial charge in [-0.25, -0.2) is 13.6 Å². The van der Waals surface area contributed by atoms with Gasteiger partial charge in [-0.3, -0.25) is 14.5 Å². The van der Waals surface area contributed by atoms with Gasteiger partial charge in [-0.15, -0.1) is 0 Å². The number of hydrogen-bond acceptors (Lipinski definition) is 3. The van der Waals surface area contributed by atoms with Crippen LogP contribution in [0, 0.1) is 11.6 Å². The van der Waals surface area contributed by atoms with Gasteiger partial charge in [0, 0.05) is 18.7 Å². The van der Waals surface area contributed by atoms with Gasteiger partial charge in [0.2, 0.25) is 5.91 Å². The van der Waals surface area contributed by atoms with Crippen LogP contribution in [0.15, 0.2) is 18.2 Å². The molecule has 2 saturated heterocycles. The molecule has 2 fully saturated rings. The van der Waals surface area contributed by atoms with E-state index in [4.69, 9.17) is 0 Å². The van der Waals surface area contributed by atoms with Gasteiger partial charge >= 0.3 is 6.03 Å². The summed E-state index contributed by atoms with van der Waals surface area (Å²) < 4.78 is 27.6. The number of imide groups is 1. The summed E-state index contributed by atoms with van der Waals surface area (Å²) in [5.41, 5.74) is -2.01. The van der Waals surface area contributed by atoms with Gasteiger partial charge in [0.05, 0.1) is 0 Å². The van der Waals surface area contributed by atoms with Gasteiger partial charge in [0.25, 0.3) is 5.91 Å². The molecule has 0 aromatic heterocycles. The standard InChI is InChI=1S/C17H19F2N3O3/c1-17(12-9-11(18)5-6-13(12)19)15(24)22(16(25)20-17)10-14(23)21-7-3-2-4-8-21/h5-6,9H,2-4,7-8,10H2,1H3,(H,20,25). The summed E-state index contributed by atoms with van der Waals surface area (Å²) in [4.78, 5) is 39.6. The zero-order chi connectivity index (χ0) is 18.2. The van der Waals surface area contributed by atoms with Crippen LogP contribution in [0.4, 0.5) is 13.6 Å². The Balaban J connectivity index is 1.82. The molecule has 8 heteroatoms. The quantitative estimate of drug-likeness (QED) is 0.844. The number of amides is 4. The molecule has 2 aliphatic heterocycles. The predicted molar refractivity (Wildman–Crippen MR) is 84.4 cm³/mol. The van der Waals surface area contributed by atoms with Crippen molar-refractivity contribution in [3.8, 4) is 0 Å². The zero-order valence-electron chi connectivity index (χ0n) is 13.8. The first-order valence-corrected chi connectivity index (χ1v) is 8.20. The van der Waals surface area contributed by atoms with E-state index in [-0.39, 0.29) is 11.5 Å². The maximum absolute atomic E-state index is 14.1. The molecule has 6 nitrogen and oxygen atoms in total. The Morgan fingerprint density at radius 2 is 1.88 bits per heavy atom. The van der Waals surface area contributed by atoms with Crippen LogP contribution in [0.2, 0.25) is 0 Å². The van der Waals surface area contributed by atoms with E-state index in [9.17, 15) is 23.2 Å². The lowest BCUT2D eigenvalue weighted by atomic mass is 9.91. The first-order chi connectivity index (χ1) is 11.8. The molecule has 0 aliphatic carbocycles. The van der Waals surface area contributed by atoms with Crippen molar-refractivity contribution in [2.45, 2.75) is 31.7 Å². The van der Waals surface area contributed by atoms with Crippen LogP contribution >= 0.6 is 0 Å². The Bertz CT molecular complexity index is 734. The van der Waals surface area contributed by atoms with Gasteiger partial charge in [-0.1, -0.05) is 0 Å². The Morgan fingerprint density at radius 3 is 2.56 bits per heavy atom. The highest BCUT2D eigenvalue weighted by Gasteiger charge is 2.51. The average Bonchev–Trinajstić information content (AvgIpc) is 2.81. The Kier molecular flexibility index (Phi) is 4.45. The van der Waals surface area contributed by atoms with E-state index in [1.807, 2.05) is 0 Å². The SMILES string of the molecule is CC1(c2cc(F)ccc2F)NC(=O)N(CC(=O)N2CCCCC2)C1=O.